The molecule has 1 atom stereocenters. The average molecular weight is 609 g/mol. The Kier molecular flexibility index (Phi) is 19.6. The minimum atomic E-state index is -0.700. The summed E-state index contributed by atoms with van der Waals surface area (Å²) < 4.78 is 16.3. The minimum absolute atomic E-state index is 0.228. The Labute approximate surface area is 266 Å². The predicted molar refractivity (Wildman–Crippen MR) is 177 cm³/mol. The van der Waals surface area contributed by atoms with Crippen molar-refractivity contribution in [3.05, 3.63) is 59.7 Å². The Morgan fingerprint density at radius 3 is 1.64 bits per heavy atom. The van der Waals surface area contributed by atoms with Crippen molar-refractivity contribution in [2.45, 2.75) is 136 Å². The van der Waals surface area contributed by atoms with Gasteiger partial charge in [0.2, 0.25) is 0 Å². The van der Waals surface area contributed by atoms with E-state index in [1.807, 2.05) is 0 Å². The van der Waals surface area contributed by atoms with Gasteiger partial charge in [0.05, 0.1) is 17.7 Å². The van der Waals surface area contributed by atoms with Gasteiger partial charge in [-0.3, -0.25) is 4.79 Å². The number of hydrogen-bond donors (Lipinski definition) is 0. The van der Waals surface area contributed by atoms with Gasteiger partial charge in [0, 0.05) is 6.42 Å². The molecule has 0 saturated heterocycles. The number of rotatable bonds is 24. The number of esters is 3. The van der Waals surface area contributed by atoms with Crippen molar-refractivity contribution in [3.8, 4) is 11.5 Å². The number of carbonyl (C=O) groups is 3. The lowest BCUT2D eigenvalue weighted by atomic mass is 9.97. The molecule has 0 spiro atoms. The van der Waals surface area contributed by atoms with Crippen LogP contribution < -0.4 is 9.47 Å². The van der Waals surface area contributed by atoms with Gasteiger partial charge in [-0.15, -0.1) is 0 Å². The van der Waals surface area contributed by atoms with Crippen molar-refractivity contribution < 1.29 is 28.6 Å². The molecule has 1 unspecified atom stereocenters. The highest BCUT2D eigenvalue weighted by molar-refractivity contribution is 5.97. The van der Waals surface area contributed by atoms with Crippen molar-refractivity contribution in [2.75, 3.05) is 6.61 Å². The first-order valence-corrected chi connectivity index (χ1v) is 17.2. The molecule has 0 aromatic heterocycles. The molecule has 6 heteroatoms. The van der Waals surface area contributed by atoms with E-state index < -0.39 is 17.9 Å². The minimum Gasteiger partial charge on any atom is -0.494 e. The summed E-state index contributed by atoms with van der Waals surface area (Å²) in [6.45, 7) is 7.37. The molecule has 0 saturated carbocycles. The molecule has 0 aliphatic rings. The Balaban J connectivity index is 1.62. The van der Waals surface area contributed by atoms with E-state index in [9.17, 15) is 14.4 Å². The standard InChI is InChI=1S/C38H56O6/c1-4-6-8-9-10-11-12-13-14-18-30-42-34-26-22-32(23-27-34)37(40)43-35-28-24-33(25-29-35)38(41)44-36(39)21-17-16-20-31(3)19-15-7-5-2/h22-29,31H,4-21,30H2,1-3H3. The van der Waals surface area contributed by atoms with Crippen LogP contribution in [-0.4, -0.2) is 24.5 Å². The summed E-state index contributed by atoms with van der Waals surface area (Å²) in [5.74, 6) is -0.0333. The number of unbranched alkanes of at least 4 members (excludes halogenated alkanes) is 12. The molecular weight excluding hydrogens is 552 g/mol. The quantitative estimate of drug-likeness (QED) is 0.0510. The molecule has 2 aromatic carbocycles. The molecule has 0 amide bonds. The molecule has 0 bridgehead atoms. The Morgan fingerprint density at radius 1 is 0.568 bits per heavy atom. The second-order valence-electron chi connectivity index (χ2n) is 12.1. The van der Waals surface area contributed by atoms with E-state index in [1.54, 1.807) is 24.3 Å². The summed E-state index contributed by atoms with van der Waals surface area (Å²) in [4.78, 5) is 37.1. The van der Waals surface area contributed by atoms with E-state index >= 15 is 0 Å². The highest BCUT2D eigenvalue weighted by Gasteiger charge is 2.15. The molecule has 2 aromatic rings. The number of carbonyl (C=O) groups excluding carboxylic acids is 3. The first kappa shape index (κ1) is 37.0. The molecule has 2 rings (SSSR count). The highest BCUT2D eigenvalue weighted by atomic mass is 16.6. The van der Waals surface area contributed by atoms with Crippen LogP contribution in [0.1, 0.15) is 157 Å². The number of ether oxygens (including phenoxy) is 3. The van der Waals surface area contributed by atoms with Crippen LogP contribution >= 0.6 is 0 Å². The van der Waals surface area contributed by atoms with Crippen LogP contribution in [0.4, 0.5) is 0 Å². The third-order valence-electron chi connectivity index (χ3n) is 7.99. The topological polar surface area (TPSA) is 78.9 Å². The molecule has 0 aliphatic heterocycles. The molecule has 6 nitrogen and oxygen atoms in total. The molecule has 0 heterocycles. The normalized spacial score (nSPS) is 11.6. The summed E-state index contributed by atoms with van der Waals surface area (Å²) in [5.41, 5.74) is 0.632. The molecule has 0 radical (unpaired) electrons. The van der Waals surface area contributed by atoms with Crippen LogP contribution in [0, 0.1) is 5.92 Å². The van der Waals surface area contributed by atoms with E-state index in [-0.39, 0.29) is 12.0 Å². The average Bonchev–Trinajstić information content (AvgIpc) is 3.02. The van der Waals surface area contributed by atoms with Crippen LogP contribution in [-0.2, 0) is 9.53 Å². The van der Waals surface area contributed by atoms with E-state index in [4.69, 9.17) is 14.2 Å². The van der Waals surface area contributed by atoms with E-state index in [0.717, 1.165) is 25.0 Å². The molecule has 0 fully saturated rings. The first-order chi connectivity index (χ1) is 21.4. The molecule has 244 valence electrons. The van der Waals surface area contributed by atoms with Gasteiger partial charge in [-0.25, -0.2) is 9.59 Å². The zero-order valence-electron chi connectivity index (χ0n) is 27.6. The van der Waals surface area contributed by atoms with Crippen LogP contribution in [0.3, 0.4) is 0 Å². The van der Waals surface area contributed by atoms with Crippen LogP contribution in [0.25, 0.3) is 0 Å². The summed E-state index contributed by atoms with van der Waals surface area (Å²) in [6, 6.07) is 12.9. The third kappa shape index (κ3) is 16.6. The van der Waals surface area contributed by atoms with Gasteiger partial charge in [-0.05, 0) is 67.3 Å². The Hall–Kier alpha value is -3.15. The zero-order chi connectivity index (χ0) is 31.8. The molecular formula is C38H56O6. The van der Waals surface area contributed by atoms with Gasteiger partial charge in [-0.1, -0.05) is 117 Å². The van der Waals surface area contributed by atoms with Crippen molar-refractivity contribution in [3.63, 3.8) is 0 Å². The number of benzene rings is 2. The van der Waals surface area contributed by atoms with Crippen LogP contribution in [0.2, 0.25) is 0 Å². The summed E-state index contributed by atoms with van der Waals surface area (Å²) >= 11 is 0. The van der Waals surface area contributed by atoms with E-state index in [2.05, 4.69) is 20.8 Å². The van der Waals surface area contributed by atoms with Crippen LogP contribution in [0.5, 0.6) is 11.5 Å². The van der Waals surface area contributed by atoms with Crippen molar-refractivity contribution in [1.29, 1.82) is 0 Å². The second-order valence-corrected chi connectivity index (χ2v) is 12.1. The Morgan fingerprint density at radius 2 is 1.05 bits per heavy atom. The zero-order valence-corrected chi connectivity index (χ0v) is 27.6. The van der Waals surface area contributed by atoms with Crippen molar-refractivity contribution in [1.82, 2.24) is 0 Å². The smallest absolute Gasteiger partial charge is 0.345 e. The third-order valence-corrected chi connectivity index (χ3v) is 7.99. The lowest BCUT2D eigenvalue weighted by Crippen LogP contribution is -2.13. The Bertz CT molecular complexity index is 1060. The van der Waals surface area contributed by atoms with Crippen LogP contribution in [0.15, 0.2) is 48.5 Å². The van der Waals surface area contributed by atoms with Gasteiger partial charge >= 0.3 is 17.9 Å². The lowest BCUT2D eigenvalue weighted by molar-refractivity contribution is -0.138. The summed E-state index contributed by atoms with van der Waals surface area (Å²) in [7, 11) is 0. The lowest BCUT2D eigenvalue weighted by Gasteiger charge is -2.10. The van der Waals surface area contributed by atoms with Gasteiger partial charge in [0.1, 0.15) is 11.5 Å². The van der Waals surface area contributed by atoms with Gasteiger partial charge < -0.3 is 14.2 Å². The maximum atomic E-state index is 12.6. The molecule has 0 N–H and O–H groups in total. The van der Waals surface area contributed by atoms with Gasteiger partial charge in [-0.2, -0.15) is 0 Å². The molecule has 0 aliphatic carbocycles. The maximum Gasteiger partial charge on any atom is 0.345 e. The summed E-state index contributed by atoms with van der Waals surface area (Å²) in [6.07, 6.45) is 20.8. The van der Waals surface area contributed by atoms with E-state index in [1.165, 1.54) is 108 Å². The van der Waals surface area contributed by atoms with Gasteiger partial charge in [0.25, 0.3) is 0 Å². The number of hydrogen-bond acceptors (Lipinski definition) is 6. The largest absolute Gasteiger partial charge is 0.494 e. The fourth-order valence-corrected chi connectivity index (χ4v) is 5.15. The maximum absolute atomic E-state index is 12.6. The molecule has 44 heavy (non-hydrogen) atoms. The fraction of sp³-hybridized carbons (Fsp3) is 0.605. The van der Waals surface area contributed by atoms with Crippen molar-refractivity contribution >= 4 is 17.9 Å². The SMILES string of the molecule is CCCCCCCCCCCCOc1ccc(C(=O)Oc2ccc(C(=O)OC(=O)CCCCC(C)CCCCC)cc2)cc1. The highest BCUT2D eigenvalue weighted by Crippen LogP contribution is 2.19. The fourth-order valence-electron chi connectivity index (χ4n) is 5.15. The second kappa shape index (κ2) is 23.3. The van der Waals surface area contributed by atoms with Crippen molar-refractivity contribution in [2.24, 2.45) is 5.92 Å². The van der Waals surface area contributed by atoms with E-state index in [0.29, 0.717) is 30.3 Å². The predicted octanol–water partition coefficient (Wildman–Crippen LogP) is 10.7. The monoisotopic (exact) mass is 608 g/mol. The summed E-state index contributed by atoms with van der Waals surface area (Å²) in [5, 5.41) is 0. The first-order valence-electron chi connectivity index (χ1n) is 17.2. The van der Waals surface area contributed by atoms with Gasteiger partial charge in [0.15, 0.2) is 0 Å².